The van der Waals surface area contributed by atoms with E-state index in [9.17, 15) is 8.42 Å². The van der Waals surface area contributed by atoms with E-state index in [0.717, 1.165) is 0 Å². The predicted molar refractivity (Wildman–Crippen MR) is 53.2 cm³/mol. The van der Waals surface area contributed by atoms with Crippen LogP contribution in [0.2, 0.25) is 0 Å². The minimum absolute atomic E-state index is 0.128. The van der Waals surface area contributed by atoms with Gasteiger partial charge in [-0.25, -0.2) is 13.1 Å². The highest BCUT2D eigenvalue weighted by molar-refractivity contribution is 7.89. The van der Waals surface area contributed by atoms with E-state index < -0.39 is 10.0 Å². The minimum atomic E-state index is -3.43. The summed E-state index contributed by atoms with van der Waals surface area (Å²) in [6, 6.07) is 2.00. The molecule has 0 aliphatic rings. The number of sulfonamides is 1. The highest BCUT2D eigenvalue weighted by Crippen LogP contribution is 2.04. The van der Waals surface area contributed by atoms with E-state index in [1.54, 1.807) is 0 Å². The smallest absolute Gasteiger partial charge is 0.243 e. The molecule has 0 aliphatic carbocycles. The van der Waals surface area contributed by atoms with Crippen LogP contribution < -0.4 is 4.72 Å². The number of hydrogen-bond acceptors (Lipinski definition) is 4. The van der Waals surface area contributed by atoms with E-state index in [0.29, 0.717) is 25.8 Å². The van der Waals surface area contributed by atoms with Crippen LogP contribution in [0, 0.1) is 11.3 Å². The van der Waals surface area contributed by atoms with Crippen LogP contribution in [0.5, 0.6) is 0 Å². The molecule has 0 amide bonds. The van der Waals surface area contributed by atoms with E-state index in [1.807, 2.05) is 6.07 Å². The molecule has 1 rings (SSSR count). The largest absolute Gasteiger partial charge is 0.284 e. The van der Waals surface area contributed by atoms with Crippen molar-refractivity contribution in [3.63, 3.8) is 0 Å². The van der Waals surface area contributed by atoms with Gasteiger partial charge in [-0.05, 0) is 12.8 Å². The molecular formula is C8H12N4O2S. The SMILES string of the molecule is N#CCCCCNS(=O)(=O)c1cn[nH]c1. The van der Waals surface area contributed by atoms with Crippen molar-refractivity contribution < 1.29 is 8.42 Å². The summed E-state index contributed by atoms with van der Waals surface area (Å²) in [6.07, 6.45) is 4.37. The fraction of sp³-hybridized carbons (Fsp3) is 0.500. The molecule has 0 radical (unpaired) electrons. The van der Waals surface area contributed by atoms with Crippen molar-refractivity contribution >= 4 is 10.0 Å². The Morgan fingerprint density at radius 1 is 1.53 bits per heavy atom. The summed E-state index contributed by atoms with van der Waals surface area (Å²) in [5, 5.41) is 14.3. The van der Waals surface area contributed by atoms with Gasteiger partial charge < -0.3 is 0 Å². The van der Waals surface area contributed by atoms with Crippen molar-refractivity contribution in [3.05, 3.63) is 12.4 Å². The average Bonchev–Trinajstić information content (AvgIpc) is 2.70. The molecule has 0 fully saturated rings. The summed E-state index contributed by atoms with van der Waals surface area (Å²) in [5.41, 5.74) is 0. The first-order chi connectivity index (χ1) is 7.17. The molecule has 0 bridgehead atoms. The molecule has 0 spiro atoms. The molecule has 1 heterocycles. The number of rotatable bonds is 6. The lowest BCUT2D eigenvalue weighted by molar-refractivity contribution is 0.577. The van der Waals surface area contributed by atoms with E-state index >= 15 is 0 Å². The van der Waals surface area contributed by atoms with E-state index in [-0.39, 0.29) is 4.90 Å². The molecule has 0 saturated heterocycles. The van der Waals surface area contributed by atoms with Crippen LogP contribution in [-0.2, 0) is 10.0 Å². The van der Waals surface area contributed by atoms with Crippen LogP contribution >= 0.6 is 0 Å². The number of aromatic amines is 1. The summed E-state index contributed by atoms with van der Waals surface area (Å²) in [4.78, 5) is 0.128. The van der Waals surface area contributed by atoms with Crippen LogP contribution in [0.3, 0.4) is 0 Å². The van der Waals surface area contributed by atoms with Crippen LogP contribution in [0.4, 0.5) is 0 Å². The first-order valence-corrected chi connectivity index (χ1v) is 6.00. The van der Waals surface area contributed by atoms with Crippen LogP contribution in [0.1, 0.15) is 19.3 Å². The number of aromatic nitrogens is 2. The summed E-state index contributed by atoms with van der Waals surface area (Å²) >= 11 is 0. The van der Waals surface area contributed by atoms with Crippen molar-refractivity contribution in [1.29, 1.82) is 5.26 Å². The van der Waals surface area contributed by atoms with Crippen molar-refractivity contribution in [3.8, 4) is 6.07 Å². The van der Waals surface area contributed by atoms with Gasteiger partial charge in [0, 0.05) is 19.2 Å². The summed E-state index contributed by atoms with van der Waals surface area (Å²) < 4.78 is 25.4. The molecule has 0 atom stereocenters. The minimum Gasteiger partial charge on any atom is -0.284 e. The van der Waals surface area contributed by atoms with Gasteiger partial charge in [-0.3, -0.25) is 5.10 Å². The average molecular weight is 228 g/mol. The van der Waals surface area contributed by atoms with Gasteiger partial charge in [0.1, 0.15) is 4.90 Å². The summed E-state index contributed by atoms with van der Waals surface area (Å²) in [6.45, 7) is 0.342. The normalized spacial score (nSPS) is 11.1. The van der Waals surface area contributed by atoms with Gasteiger partial charge in [-0.15, -0.1) is 0 Å². The van der Waals surface area contributed by atoms with Crippen LogP contribution in [0.25, 0.3) is 0 Å². The maximum atomic E-state index is 11.5. The second-order valence-electron chi connectivity index (χ2n) is 2.95. The lowest BCUT2D eigenvalue weighted by Gasteiger charge is -2.02. The topological polar surface area (TPSA) is 98.6 Å². The zero-order valence-electron chi connectivity index (χ0n) is 8.10. The Bertz CT molecular complexity index is 418. The molecule has 0 saturated carbocycles. The molecule has 1 aromatic rings. The van der Waals surface area contributed by atoms with Gasteiger partial charge >= 0.3 is 0 Å². The number of H-pyrrole nitrogens is 1. The quantitative estimate of drug-likeness (QED) is 0.687. The molecule has 0 unspecified atom stereocenters. The van der Waals surface area contributed by atoms with Gasteiger partial charge in [0.2, 0.25) is 10.0 Å². The molecule has 0 aliphatic heterocycles. The number of unbranched alkanes of at least 4 members (excludes halogenated alkanes) is 2. The third kappa shape index (κ3) is 3.69. The van der Waals surface area contributed by atoms with E-state index in [4.69, 9.17) is 5.26 Å². The summed E-state index contributed by atoms with van der Waals surface area (Å²) in [7, 11) is -3.43. The molecule has 82 valence electrons. The third-order valence-corrected chi connectivity index (χ3v) is 3.22. The van der Waals surface area contributed by atoms with Gasteiger partial charge in [-0.1, -0.05) is 0 Å². The summed E-state index contributed by atoms with van der Waals surface area (Å²) in [5.74, 6) is 0. The van der Waals surface area contributed by atoms with Gasteiger partial charge in [-0.2, -0.15) is 10.4 Å². The van der Waals surface area contributed by atoms with E-state index in [2.05, 4.69) is 14.9 Å². The Morgan fingerprint density at radius 2 is 2.33 bits per heavy atom. The molecular weight excluding hydrogens is 216 g/mol. The fourth-order valence-corrected chi connectivity index (χ4v) is 1.98. The van der Waals surface area contributed by atoms with E-state index in [1.165, 1.54) is 12.4 Å². The Labute approximate surface area is 88.4 Å². The van der Waals surface area contributed by atoms with Gasteiger partial charge in [0.05, 0.1) is 12.3 Å². The molecule has 15 heavy (non-hydrogen) atoms. The van der Waals surface area contributed by atoms with Crippen LogP contribution in [0.15, 0.2) is 17.3 Å². The van der Waals surface area contributed by atoms with Crippen LogP contribution in [-0.4, -0.2) is 25.2 Å². The van der Waals surface area contributed by atoms with Crippen molar-refractivity contribution in [2.45, 2.75) is 24.2 Å². The molecule has 6 nitrogen and oxygen atoms in total. The second kappa shape index (κ2) is 5.48. The van der Waals surface area contributed by atoms with Gasteiger partial charge in [0.25, 0.3) is 0 Å². The predicted octanol–water partition coefficient (Wildman–Crippen LogP) is 0.382. The van der Waals surface area contributed by atoms with Crippen molar-refractivity contribution in [1.82, 2.24) is 14.9 Å². The zero-order chi connectivity index (χ0) is 11.1. The molecule has 7 heteroatoms. The maximum Gasteiger partial charge on any atom is 0.243 e. The number of nitrogens with one attached hydrogen (secondary N) is 2. The number of nitriles is 1. The maximum absolute atomic E-state index is 11.5. The van der Waals surface area contributed by atoms with Crippen molar-refractivity contribution in [2.75, 3.05) is 6.54 Å². The molecule has 1 aromatic heterocycles. The third-order valence-electron chi connectivity index (χ3n) is 1.79. The second-order valence-corrected chi connectivity index (χ2v) is 4.71. The van der Waals surface area contributed by atoms with Crippen molar-refractivity contribution in [2.24, 2.45) is 0 Å². The lowest BCUT2D eigenvalue weighted by Crippen LogP contribution is -2.24. The Hall–Kier alpha value is -1.39. The lowest BCUT2D eigenvalue weighted by atomic mass is 10.2. The molecule has 2 N–H and O–H groups in total. The first kappa shape index (κ1) is 11.7. The standard InChI is InChI=1S/C8H12N4O2S/c9-4-2-1-3-5-12-15(13,14)8-6-10-11-7-8/h6-7,12H,1-3,5H2,(H,10,11). The number of nitrogens with zero attached hydrogens (tertiary/aromatic N) is 2. The Morgan fingerprint density at radius 3 is 2.93 bits per heavy atom. The highest BCUT2D eigenvalue weighted by atomic mass is 32.2. The monoisotopic (exact) mass is 228 g/mol. The Kier molecular flexibility index (Phi) is 4.27. The zero-order valence-corrected chi connectivity index (χ0v) is 8.92. The first-order valence-electron chi connectivity index (χ1n) is 4.52. The Balaban J connectivity index is 2.36. The fourth-order valence-electron chi connectivity index (χ4n) is 1.00. The number of hydrogen-bond donors (Lipinski definition) is 2. The highest BCUT2D eigenvalue weighted by Gasteiger charge is 2.13. The van der Waals surface area contributed by atoms with Gasteiger partial charge in [0.15, 0.2) is 0 Å². The molecule has 0 aromatic carbocycles.